The van der Waals surface area contributed by atoms with Crippen molar-refractivity contribution in [3.05, 3.63) is 21.9 Å². The highest BCUT2D eigenvalue weighted by Crippen LogP contribution is 2.17. The van der Waals surface area contributed by atoms with Crippen LogP contribution in [-0.4, -0.2) is 43.6 Å². The Labute approximate surface area is 162 Å². The van der Waals surface area contributed by atoms with Crippen LogP contribution in [0.3, 0.4) is 0 Å². The number of rotatable bonds is 7. The zero-order valence-corrected chi connectivity index (χ0v) is 17.7. The second-order valence-corrected chi connectivity index (χ2v) is 7.06. The van der Waals surface area contributed by atoms with Gasteiger partial charge in [0, 0.05) is 24.5 Å². The molecule has 0 aliphatic carbocycles. The molecule has 4 nitrogen and oxygen atoms in total. The van der Waals surface area contributed by atoms with E-state index in [4.69, 9.17) is 4.99 Å². The van der Waals surface area contributed by atoms with Crippen LogP contribution in [0.5, 0.6) is 0 Å². The second kappa shape index (κ2) is 11.3. The van der Waals surface area contributed by atoms with Crippen molar-refractivity contribution in [2.45, 2.75) is 40.2 Å². The zero-order chi connectivity index (χ0) is 15.8. The average molecular weight is 450 g/mol. The van der Waals surface area contributed by atoms with E-state index < -0.39 is 0 Å². The van der Waals surface area contributed by atoms with Crippen molar-refractivity contribution in [2.75, 3.05) is 32.7 Å². The van der Waals surface area contributed by atoms with Gasteiger partial charge < -0.3 is 15.5 Å². The summed E-state index contributed by atoms with van der Waals surface area (Å²) in [6.07, 6.45) is 2.56. The predicted octanol–water partition coefficient (Wildman–Crippen LogP) is 3.46. The molecule has 6 heteroatoms. The fourth-order valence-corrected chi connectivity index (χ4v) is 3.73. The topological polar surface area (TPSA) is 39.7 Å². The van der Waals surface area contributed by atoms with Gasteiger partial charge in [0.15, 0.2) is 5.96 Å². The predicted molar refractivity (Wildman–Crippen MR) is 112 cm³/mol. The number of likely N-dealkylation sites (tertiary alicyclic amines) is 1. The van der Waals surface area contributed by atoms with Crippen molar-refractivity contribution in [1.29, 1.82) is 0 Å². The van der Waals surface area contributed by atoms with Gasteiger partial charge in [0.25, 0.3) is 0 Å². The van der Waals surface area contributed by atoms with Gasteiger partial charge in [-0.3, -0.25) is 0 Å². The first kappa shape index (κ1) is 20.7. The first-order valence-electron chi connectivity index (χ1n) is 8.50. The molecule has 23 heavy (non-hydrogen) atoms. The van der Waals surface area contributed by atoms with Gasteiger partial charge in [-0.25, -0.2) is 4.99 Å². The van der Waals surface area contributed by atoms with Crippen LogP contribution >= 0.6 is 35.3 Å². The molecule has 1 aliphatic heterocycles. The van der Waals surface area contributed by atoms with E-state index in [1.807, 2.05) is 0 Å². The first-order chi connectivity index (χ1) is 10.7. The van der Waals surface area contributed by atoms with Crippen LogP contribution in [0.1, 0.15) is 37.1 Å². The largest absolute Gasteiger partial charge is 0.357 e. The quantitative estimate of drug-likeness (QED) is 0.380. The van der Waals surface area contributed by atoms with Crippen LogP contribution in [0.15, 0.2) is 16.4 Å². The van der Waals surface area contributed by atoms with Gasteiger partial charge in [-0.2, -0.15) is 0 Å². The van der Waals surface area contributed by atoms with E-state index >= 15 is 0 Å². The van der Waals surface area contributed by atoms with Crippen molar-refractivity contribution >= 4 is 41.3 Å². The molecule has 2 heterocycles. The Kier molecular flexibility index (Phi) is 10.1. The lowest BCUT2D eigenvalue weighted by molar-refractivity contribution is 0.324. The molecule has 0 bridgehead atoms. The Balaban J connectivity index is 0.00000264. The van der Waals surface area contributed by atoms with Crippen molar-refractivity contribution < 1.29 is 0 Å². The lowest BCUT2D eigenvalue weighted by atomic mass is 10.1. The summed E-state index contributed by atoms with van der Waals surface area (Å²) in [5.41, 5.74) is 1.34. The molecule has 2 rings (SSSR count). The maximum atomic E-state index is 4.72. The third kappa shape index (κ3) is 6.97. The Morgan fingerprint density at radius 3 is 2.87 bits per heavy atom. The minimum absolute atomic E-state index is 0. The molecule has 132 valence electrons. The van der Waals surface area contributed by atoms with Gasteiger partial charge in [-0.15, -0.1) is 35.3 Å². The second-order valence-electron chi connectivity index (χ2n) is 6.06. The summed E-state index contributed by atoms with van der Waals surface area (Å²) >= 11 is 1.79. The van der Waals surface area contributed by atoms with E-state index in [-0.39, 0.29) is 24.0 Å². The van der Waals surface area contributed by atoms with Crippen molar-refractivity contribution in [3.63, 3.8) is 0 Å². The summed E-state index contributed by atoms with van der Waals surface area (Å²) in [4.78, 5) is 8.65. The van der Waals surface area contributed by atoms with Crippen molar-refractivity contribution in [1.82, 2.24) is 15.5 Å². The number of nitrogens with one attached hydrogen (secondary N) is 2. The standard InChI is InChI=1S/C17H30N4S.HI/c1-4-8-21-9-6-15(13-21)11-19-17(18-5-2)20-12-16-14(3)7-10-22-16;/h7,10,15H,4-6,8-9,11-13H2,1-3H3,(H2,18,19,20);1H. The molecule has 0 saturated carbocycles. The van der Waals surface area contributed by atoms with E-state index in [0.29, 0.717) is 0 Å². The number of hydrogen-bond acceptors (Lipinski definition) is 3. The maximum absolute atomic E-state index is 4.72. The van der Waals surface area contributed by atoms with Crippen LogP contribution in [0.4, 0.5) is 0 Å². The molecule has 1 aromatic heterocycles. The molecule has 1 aromatic rings. The van der Waals surface area contributed by atoms with E-state index in [0.717, 1.165) is 31.5 Å². The van der Waals surface area contributed by atoms with Gasteiger partial charge >= 0.3 is 0 Å². The van der Waals surface area contributed by atoms with Crippen LogP contribution in [0, 0.1) is 12.8 Å². The number of guanidine groups is 1. The van der Waals surface area contributed by atoms with E-state index in [2.05, 4.69) is 47.8 Å². The lowest BCUT2D eigenvalue weighted by Crippen LogP contribution is -2.40. The summed E-state index contributed by atoms with van der Waals surface area (Å²) in [7, 11) is 0. The monoisotopic (exact) mass is 450 g/mol. The van der Waals surface area contributed by atoms with Gasteiger partial charge in [0.1, 0.15) is 0 Å². The van der Waals surface area contributed by atoms with Gasteiger partial charge in [0.05, 0.1) is 6.54 Å². The zero-order valence-electron chi connectivity index (χ0n) is 14.6. The average Bonchev–Trinajstić information content (AvgIpc) is 3.12. The third-order valence-corrected chi connectivity index (χ3v) is 5.17. The number of aliphatic imine (C=N–C) groups is 1. The van der Waals surface area contributed by atoms with Crippen LogP contribution in [0.2, 0.25) is 0 Å². The molecular weight excluding hydrogens is 419 g/mol. The van der Waals surface area contributed by atoms with Crippen molar-refractivity contribution in [3.8, 4) is 0 Å². The summed E-state index contributed by atoms with van der Waals surface area (Å²) in [5.74, 6) is 1.70. The highest BCUT2D eigenvalue weighted by Gasteiger charge is 2.21. The molecule has 1 atom stereocenters. The first-order valence-corrected chi connectivity index (χ1v) is 9.38. The van der Waals surface area contributed by atoms with Crippen LogP contribution < -0.4 is 10.6 Å². The Morgan fingerprint density at radius 1 is 1.39 bits per heavy atom. The number of hydrogen-bond donors (Lipinski definition) is 2. The molecule has 1 aliphatic rings. The Hall–Kier alpha value is -0.340. The summed E-state index contributed by atoms with van der Waals surface area (Å²) < 4.78 is 0. The highest BCUT2D eigenvalue weighted by atomic mass is 127. The number of nitrogens with zero attached hydrogens (tertiary/aromatic N) is 2. The summed E-state index contributed by atoms with van der Waals surface area (Å²) in [6, 6.07) is 2.16. The summed E-state index contributed by atoms with van der Waals surface area (Å²) in [6.45, 7) is 12.9. The minimum Gasteiger partial charge on any atom is -0.357 e. The third-order valence-electron chi connectivity index (χ3n) is 4.16. The highest BCUT2D eigenvalue weighted by molar-refractivity contribution is 14.0. The molecule has 1 saturated heterocycles. The Bertz CT molecular complexity index is 475. The maximum Gasteiger partial charge on any atom is 0.191 e. The van der Waals surface area contributed by atoms with Gasteiger partial charge in [-0.1, -0.05) is 6.92 Å². The van der Waals surface area contributed by atoms with Gasteiger partial charge in [-0.05, 0) is 62.7 Å². The Morgan fingerprint density at radius 2 is 2.22 bits per heavy atom. The molecule has 2 N–H and O–H groups in total. The summed E-state index contributed by atoms with van der Waals surface area (Å²) in [5, 5.41) is 9.02. The van der Waals surface area contributed by atoms with Gasteiger partial charge in [0.2, 0.25) is 0 Å². The molecule has 1 fully saturated rings. The number of halogens is 1. The molecular formula is C17H31IN4S. The molecule has 1 unspecified atom stereocenters. The van der Waals surface area contributed by atoms with E-state index in [1.165, 1.54) is 42.9 Å². The van der Waals surface area contributed by atoms with Crippen molar-refractivity contribution in [2.24, 2.45) is 10.9 Å². The molecule has 0 radical (unpaired) electrons. The fraction of sp³-hybridized carbons (Fsp3) is 0.706. The van der Waals surface area contributed by atoms with Crippen LogP contribution in [0.25, 0.3) is 0 Å². The van der Waals surface area contributed by atoms with Crippen LogP contribution in [-0.2, 0) is 6.54 Å². The minimum atomic E-state index is 0. The van der Waals surface area contributed by atoms with E-state index in [9.17, 15) is 0 Å². The number of thiophene rings is 1. The van der Waals surface area contributed by atoms with E-state index in [1.54, 1.807) is 11.3 Å². The molecule has 0 amide bonds. The molecule has 0 spiro atoms. The molecule has 0 aromatic carbocycles. The smallest absolute Gasteiger partial charge is 0.191 e. The number of aryl methyl sites for hydroxylation is 1. The fourth-order valence-electron chi connectivity index (χ4n) is 2.90. The lowest BCUT2D eigenvalue weighted by Gasteiger charge is -2.16. The SMILES string of the molecule is CCCN1CCC(CNC(=NCc2sccc2C)NCC)C1.I. The normalized spacial score (nSPS) is 18.7.